The predicted octanol–water partition coefficient (Wildman–Crippen LogP) is 2.62. The van der Waals surface area contributed by atoms with Gasteiger partial charge in [0.15, 0.2) is 0 Å². The Balaban J connectivity index is 1.92. The Kier molecular flexibility index (Phi) is 5.80. The highest BCUT2D eigenvalue weighted by atomic mass is 16.2. The van der Waals surface area contributed by atoms with Crippen molar-refractivity contribution < 1.29 is 4.79 Å². The quantitative estimate of drug-likeness (QED) is 0.905. The molecule has 2 N–H and O–H groups in total. The molecule has 0 aliphatic carbocycles. The molecule has 1 aromatic rings. The first-order valence-corrected chi connectivity index (χ1v) is 8.14. The van der Waals surface area contributed by atoms with Crippen LogP contribution in [0.3, 0.4) is 0 Å². The molecule has 3 nitrogen and oxygen atoms in total. The summed E-state index contributed by atoms with van der Waals surface area (Å²) in [7, 11) is 0. The van der Waals surface area contributed by atoms with Crippen LogP contribution < -0.4 is 5.73 Å². The van der Waals surface area contributed by atoms with Crippen LogP contribution in [0, 0.1) is 11.8 Å². The molecule has 0 aromatic heterocycles. The maximum absolute atomic E-state index is 12.5. The van der Waals surface area contributed by atoms with Crippen LogP contribution in [0.1, 0.15) is 37.8 Å². The summed E-state index contributed by atoms with van der Waals surface area (Å²) < 4.78 is 0. The van der Waals surface area contributed by atoms with E-state index in [-0.39, 0.29) is 5.91 Å². The summed E-state index contributed by atoms with van der Waals surface area (Å²) in [6.45, 7) is 6.67. The van der Waals surface area contributed by atoms with Crippen molar-refractivity contribution in [2.75, 3.05) is 19.6 Å². The maximum atomic E-state index is 12.5. The van der Waals surface area contributed by atoms with E-state index < -0.39 is 0 Å². The lowest BCUT2D eigenvalue weighted by molar-refractivity contribution is -0.132. The third-order valence-electron chi connectivity index (χ3n) is 4.37. The van der Waals surface area contributed by atoms with Crippen LogP contribution in [0.15, 0.2) is 24.3 Å². The van der Waals surface area contributed by atoms with Gasteiger partial charge in [0, 0.05) is 19.5 Å². The number of carbonyl (C=O) groups is 1. The zero-order valence-electron chi connectivity index (χ0n) is 13.3. The van der Waals surface area contributed by atoms with Crippen molar-refractivity contribution in [1.29, 1.82) is 0 Å². The number of hydrogen-bond acceptors (Lipinski definition) is 2. The number of amides is 1. The fraction of sp³-hybridized carbons (Fsp3) is 0.611. The SMILES string of the molecule is CC(C)CC(CN)CC(=O)N1CCc2ccccc2CC1. The van der Waals surface area contributed by atoms with E-state index in [4.69, 9.17) is 5.73 Å². The number of rotatable bonds is 5. The number of carbonyl (C=O) groups excluding carboxylic acids is 1. The first-order chi connectivity index (χ1) is 10.1. The van der Waals surface area contributed by atoms with E-state index in [1.54, 1.807) is 0 Å². The molecule has 0 fully saturated rings. The molecule has 116 valence electrons. The number of benzene rings is 1. The monoisotopic (exact) mass is 288 g/mol. The largest absolute Gasteiger partial charge is 0.342 e. The van der Waals surface area contributed by atoms with E-state index in [9.17, 15) is 4.79 Å². The minimum absolute atomic E-state index is 0.277. The lowest BCUT2D eigenvalue weighted by Crippen LogP contribution is -2.35. The second kappa shape index (κ2) is 7.60. The molecule has 1 amide bonds. The molecule has 0 saturated heterocycles. The van der Waals surface area contributed by atoms with E-state index in [1.807, 2.05) is 4.90 Å². The van der Waals surface area contributed by atoms with Crippen molar-refractivity contribution in [3.05, 3.63) is 35.4 Å². The molecule has 1 heterocycles. The van der Waals surface area contributed by atoms with Crippen molar-refractivity contribution in [1.82, 2.24) is 4.90 Å². The molecular weight excluding hydrogens is 260 g/mol. The van der Waals surface area contributed by atoms with Crippen LogP contribution in [0.5, 0.6) is 0 Å². The third-order valence-corrected chi connectivity index (χ3v) is 4.37. The minimum Gasteiger partial charge on any atom is -0.342 e. The van der Waals surface area contributed by atoms with E-state index in [0.717, 1.165) is 32.4 Å². The van der Waals surface area contributed by atoms with Gasteiger partial charge in [-0.15, -0.1) is 0 Å². The van der Waals surface area contributed by atoms with Gasteiger partial charge in [0.2, 0.25) is 5.91 Å². The Hall–Kier alpha value is -1.35. The number of nitrogens with two attached hydrogens (primary N) is 1. The second-order valence-corrected chi connectivity index (χ2v) is 6.58. The number of hydrogen-bond donors (Lipinski definition) is 1. The highest BCUT2D eigenvalue weighted by Crippen LogP contribution is 2.19. The zero-order valence-corrected chi connectivity index (χ0v) is 13.3. The van der Waals surface area contributed by atoms with Gasteiger partial charge in [0.05, 0.1) is 0 Å². The molecule has 21 heavy (non-hydrogen) atoms. The Morgan fingerprint density at radius 3 is 2.24 bits per heavy atom. The van der Waals surface area contributed by atoms with Gasteiger partial charge < -0.3 is 10.6 Å². The van der Waals surface area contributed by atoms with Gasteiger partial charge in [0.25, 0.3) is 0 Å². The number of nitrogens with zero attached hydrogens (tertiary/aromatic N) is 1. The average molecular weight is 288 g/mol. The number of fused-ring (bicyclic) bond motifs is 1. The molecule has 0 spiro atoms. The van der Waals surface area contributed by atoms with E-state index in [1.165, 1.54) is 11.1 Å². The fourth-order valence-corrected chi connectivity index (χ4v) is 3.22. The van der Waals surface area contributed by atoms with Gasteiger partial charge >= 0.3 is 0 Å². The topological polar surface area (TPSA) is 46.3 Å². The highest BCUT2D eigenvalue weighted by molar-refractivity contribution is 5.76. The first-order valence-electron chi connectivity index (χ1n) is 8.14. The zero-order chi connectivity index (χ0) is 15.2. The first kappa shape index (κ1) is 16.0. The van der Waals surface area contributed by atoms with Crippen molar-refractivity contribution in [2.24, 2.45) is 17.6 Å². The lowest BCUT2D eigenvalue weighted by atomic mass is 9.94. The van der Waals surface area contributed by atoms with Gasteiger partial charge in [-0.25, -0.2) is 0 Å². The molecule has 2 rings (SSSR count). The van der Waals surface area contributed by atoms with E-state index in [0.29, 0.717) is 24.8 Å². The molecule has 1 unspecified atom stereocenters. The Morgan fingerprint density at radius 2 is 1.76 bits per heavy atom. The summed E-state index contributed by atoms with van der Waals surface area (Å²) >= 11 is 0. The lowest BCUT2D eigenvalue weighted by Gasteiger charge is -2.24. The molecule has 1 aliphatic heterocycles. The van der Waals surface area contributed by atoms with Gasteiger partial charge in [-0.2, -0.15) is 0 Å². The molecule has 0 saturated carbocycles. The minimum atomic E-state index is 0.277. The molecule has 0 radical (unpaired) electrons. The second-order valence-electron chi connectivity index (χ2n) is 6.58. The van der Waals surface area contributed by atoms with E-state index in [2.05, 4.69) is 38.1 Å². The normalized spacial score (nSPS) is 16.5. The van der Waals surface area contributed by atoms with Crippen molar-refractivity contribution in [3.8, 4) is 0 Å². The van der Waals surface area contributed by atoms with Gasteiger partial charge in [-0.05, 0) is 48.8 Å². The smallest absolute Gasteiger partial charge is 0.222 e. The Morgan fingerprint density at radius 1 is 1.19 bits per heavy atom. The molecule has 1 atom stereocenters. The van der Waals surface area contributed by atoms with Crippen LogP contribution in [0.25, 0.3) is 0 Å². The Bertz CT molecular complexity index is 443. The Labute approximate surface area is 128 Å². The average Bonchev–Trinajstić information content (AvgIpc) is 2.68. The summed E-state index contributed by atoms with van der Waals surface area (Å²) in [4.78, 5) is 14.6. The predicted molar refractivity (Wildman–Crippen MR) is 87.0 cm³/mol. The van der Waals surface area contributed by atoms with Crippen LogP contribution in [-0.4, -0.2) is 30.4 Å². The van der Waals surface area contributed by atoms with Crippen molar-refractivity contribution in [2.45, 2.75) is 39.5 Å². The van der Waals surface area contributed by atoms with Crippen molar-refractivity contribution in [3.63, 3.8) is 0 Å². The molecule has 3 heteroatoms. The molecule has 0 bridgehead atoms. The van der Waals surface area contributed by atoms with Crippen molar-refractivity contribution >= 4 is 5.91 Å². The maximum Gasteiger partial charge on any atom is 0.222 e. The summed E-state index contributed by atoms with van der Waals surface area (Å²) in [6, 6.07) is 8.54. The summed E-state index contributed by atoms with van der Waals surface area (Å²) in [5, 5.41) is 0. The molecule has 1 aliphatic rings. The van der Waals surface area contributed by atoms with Crippen LogP contribution in [-0.2, 0) is 17.6 Å². The van der Waals surface area contributed by atoms with Crippen LogP contribution in [0.2, 0.25) is 0 Å². The van der Waals surface area contributed by atoms with Gasteiger partial charge in [-0.1, -0.05) is 38.1 Å². The van der Waals surface area contributed by atoms with E-state index >= 15 is 0 Å². The summed E-state index contributed by atoms with van der Waals surface area (Å²) in [6.07, 6.45) is 3.58. The van der Waals surface area contributed by atoms with Crippen LogP contribution >= 0.6 is 0 Å². The fourth-order valence-electron chi connectivity index (χ4n) is 3.22. The molecular formula is C18H28N2O. The van der Waals surface area contributed by atoms with Gasteiger partial charge in [0.1, 0.15) is 0 Å². The van der Waals surface area contributed by atoms with Gasteiger partial charge in [-0.3, -0.25) is 4.79 Å². The summed E-state index contributed by atoms with van der Waals surface area (Å²) in [5.74, 6) is 1.20. The van der Waals surface area contributed by atoms with Crippen LogP contribution in [0.4, 0.5) is 0 Å². The standard InChI is InChI=1S/C18H28N2O/c1-14(2)11-15(13-19)12-18(21)20-9-7-16-5-3-4-6-17(16)8-10-20/h3-6,14-15H,7-13,19H2,1-2H3. The molecule has 1 aromatic carbocycles. The summed E-state index contributed by atoms with van der Waals surface area (Å²) in [5.41, 5.74) is 8.62. The highest BCUT2D eigenvalue weighted by Gasteiger charge is 2.21. The third kappa shape index (κ3) is 4.57.